The minimum atomic E-state index is -0.240. The molecule has 1 aliphatic rings. The van der Waals surface area contributed by atoms with E-state index in [0.717, 1.165) is 33.7 Å². The summed E-state index contributed by atoms with van der Waals surface area (Å²) in [5, 5.41) is 4.95. The van der Waals surface area contributed by atoms with Gasteiger partial charge in [-0.05, 0) is 61.4 Å². The van der Waals surface area contributed by atoms with E-state index >= 15 is 0 Å². The molecule has 0 saturated heterocycles. The lowest BCUT2D eigenvalue weighted by Gasteiger charge is -2.19. The fourth-order valence-corrected chi connectivity index (χ4v) is 4.68. The van der Waals surface area contributed by atoms with Gasteiger partial charge in [0.25, 0.3) is 5.91 Å². The number of nitrogens with zero attached hydrogens (tertiary/aromatic N) is 2. The van der Waals surface area contributed by atoms with Crippen molar-refractivity contribution in [3.8, 4) is 17.0 Å². The minimum absolute atomic E-state index is 0.0298. The summed E-state index contributed by atoms with van der Waals surface area (Å²) in [7, 11) is 0. The quantitative estimate of drug-likeness (QED) is 0.430. The maximum atomic E-state index is 13.3. The highest BCUT2D eigenvalue weighted by Crippen LogP contribution is 2.33. The number of aryl methyl sites for hydroxylation is 2. The van der Waals surface area contributed by atoms with Crippen molar-refractivity contribution in [1.29, 1.82) is 0 Å². The number of aromatic nitrogens is 1. The zero-order chi connectivity index (χ0) is 22.8. The molecule has 0 atom stereocenters. The van der Waals surface area contributed by atoms with Crippen molar-refractivity contribution >= 4 is 28.6 Å². The van der Waals surface area contributed by atoms with Crippen molar-refractivity contribution in [2.45, 2.75) is 19.9 Å². The van der Waals surface area contributed by atoms with E-state index in [0.29, 0.717) is 18.0 Å². The molecule has 1 amide bonds. The Kier molecular flexibility index (Phi) is 5.79. The predicted molar refractivity (Wildman–Crippen MR) is 128 cm³/mol. The Morgan fingerprint density at radius 3 is 2.67 bits per heavy atom. The number of carbonyl (C=O) groups excluding carboxylic acids is 1. The summed E-state index contributed by atoms with van der Waals surface area (Å²) in [4.78, 5) is 17.5. The minimum Gasteiger partial charge on any atom is -0.482 e. The number of ether oxygens (including phenoxy) is 1. The summed E-state index contributed by atoms with van der Waals surface area (Å²) in [5.41, 5.74) is 5.74. The Hall–Kier alpha value is -3.71. The molecule has 0 bridgehead atoms. The van der Waals surface area contributed by atoms with E-state index in [-0.39, 0.29) is 18.3 Å². The van der Waals surface area contributed by atoms with E-state index in [1.54, 1.807) is 11.3 Å². The maximum Gasteiger partial charge on any atom is 0.262 e. The average Bonchev–Trinajstić information content (AvgIpc) is 3.22. The number of fused-ring (bicyclic) bond motifs is 1. The molecule has 5 nitrogen and oxygen atoms in total. The summed E-state index contributed by atoms with van der Waals surface area (Å²) >= 11 is 1.56. The third-order valence-electron chi connectivity index (χ3n) is 5.50. The average molecular weight is 460 g/mol. The Balaban J connectivity index is 1.55. The Bertz CT molecular complexity index is 1370. The molecule has 3 aromatic carbocycles. The van der Waals surface area contributed by atoms with E-state index in [1.165, 1.54) is 17.7 Å². The lowest BCUT2D eigenvalue weighted by atomic mass is 10.1. The van der Waals surface area contributed by atoms with Crippen molar-refractivity contribution in [1.82, 2.24) is 4.57 Å². The van der Waals surface area contributed by atoms with E-state index < -0.39 is 0 Å². The van der Waals surface area contributed by atoms with Gasteiger partial charge in [-0.2, -0.15) is 0 Å². The Labute approximate surface area is 194 Å². The predicted octanol–water partition coefficient (Wildman–Crippen LogP) is 5.47. The maximum absolute atomic E-state index is 13.3. The molecular formula is C26H22FN3O2S. The van der Waals surface area contributed by atoms with Crippen molar-refractivity contribution < 1.29 is 13.9 Å². The van der Waals surface area contributed by atoms with E-state index in [9.17, 15) is 9.18 Å². The second kappa shape index (κ2) is 9.03. The van der Waals surface area contributed by atoms with Crippen LogP contribution in [0.15, 0.2) is 77.1 Å². The highest BCUT2D eigenvalue weighted by atomic mass is 32.1. The fourth-order valence-electron chi connectivity index (χ4n) is 3.73. The summed E-state index contributed by atoms with van der Waals surface area (Å²) < 4.78 is 21.0. The van der Waals surface area contributed by atoms with Crippen molar-refractivity contribution in [3.63, 3.8) is 0 Å². The van der Waals surface area contributed by atoms with Crippen molar-refractivity contribution in [3.05, 3.63) is 93.9 Å². The first-order valence-electron chi connectivity index (χ1n) is 10.7. The molecule has 0 unspecified atom stereocenters. The van der Waals surface area contributed by atoms with Gasteiger partial charge >= 0.3 is 0 Å². The summed E-state index contributed by atoms with van der Waals surface area (Å²) in [6.45, 7) is 2.76. The molecule has 1 aliphatic heterocycles. The molecule has 5 rings (SSSR count). The lowest BCUT2D eigenvalue weighted by molar-refractivity contribution is -0.118. The molecule has 0 saturated carbocycles. The number of hydrogen-bond acceptors (Lipinski definition) is 4. The van der Waals surface area contributed by atoms with Gasteiger partial charge in [0, 0.05) is 17.5 Å². The third kappa shape index (κ3) is 4.73. The summed E-state index contributed by atoms with van der Waals surface area (Å²) in [6.07, 6.45) is 0.732. The molecule has 0 fully saturated rings. The molecule has 0 aliphatic carbocycles. The van der Waals surface area contributed by atoms with Gasteiger partial charge in [0.1, 0.15) is 11.6 Å². The van der Waals surface area contributed by atoms with Crippen LogP contribution in [0.2, 0.25) is 0 Å². The first-order valence-corrected chi connectivity index (χ1v) is 11.5. The SMILES string of the molecule is Cc1ccc(N=c2scc(-c3ccc4c(c3)NC(=O)CO4)n2CCc2ccc(F)cc2)cc1. The van der Waals surface area contributed by atoms with Crippen LogP contribution in [0.25, 0.3) is 11.3 Å². The second-order valence-electron chi connectivity index (χ2n) is 7.93. The van der Waals surface area contributed by atoms with Gasteiger partial charge in [0.2, 0.25) is 0 Å². The van der Waals surface area contributed by atoms with Gasteiger partial charge in [0.15, 0.2) is 11.4 Å². The van der Waals surface area contributed by atoms with Gasteiger partial charge in [-0.1, -0.05) is 29.8 Å². The van der Waals surface area contributed by atoms with Gasteiger partial charge in [-0.3, -0.25) is 4.79 Å². The molecule has 1 N–H and O–H groups in total. The van der Waals surface area contributed by atoms with Crippen LogP contribution in [-0.2, 0) is 17.8 Å². The number of halogens is 1. The Morgan fingerprint density at radius 1 is 1.09 bits per heavy atom. The van der Waals surface area contributed by atoms with Crippen LogP contribution in [0.3, 0.4) is 0 Å². The molecule has 33 heavy (non-hydrogen) atoms. The van der Waals surface area contributed by atoms with E-state index in [2.05, 4.69) is 22.2 Å². The first kappa shape index (κ1) is 21.2. The topological polar surface area (TPSA) is 55.6 Å². The number of rotatable bonds is 5. The third-order valence-corrected chi connectivity index (χ3v) is 6.37. The number of nitrogens with one attached hydrogen (secondary N) is 1. The smallest absolute Gasteiger partial charge is 0.262 e. The van der Waals surface area contributed by atoms with Gasteiger partial charge in [-0.15, -0.1) is 11.3 Å². The zero-order valence-electron chi connectivity index (χ0n) is 18.0. The van der Waals surface area contributed by atoms with Crippen molar-refractivity contribution in [2.75, 3.05) is 11.9 Å². The van der Waals surface area contributed by atoms with Crippen LogP contribution in [-0.4, -0.2) is 17.1 Å². The number of amides is 1. The van der Waals surface area contributed by atoms with Crippen LogP contribution in [0, 0.1) is 12.7 Å². The number of thiazole rings is 1. The highest BCUT2D eigenvalue weighted by Gasteiger charge is 2.18. The highest BCUT2D eigenvalue weighted by molar-refractivity contribution is 7.07. The summed E-state index contributed by atoms with van der Waals surface area (Å²) in [6, 6.07) is 20.5. The first-order chi connectivity index (χ1) is 16.0. The fraction of sp³-hybridized carbons (Fsp3) is 0.154. The van der Waals surface area contributed by atoms with Crippen LogP contribution >= 0.6 is 11.3 Å². The number of hydrogen-bond donors (Lipinski definition) is 1. The van der Waals surface area contributed by atoms with Crippen LogP contribution in [0.1, 0.15) is 11.1 Å². The van der Waals surface area contributed by atoms with Gasteiger partial charge < -0.3 is 14.6 Å². The zero-order valence-corrected chi connectivity index (χ0v) is 18.9. The number of carbonyl (C=O) groups is 1. The van der Waals surface area contributed by atoms with E-state index in [4.69, 9.17) is 9.73 Å². The lowest BCUT2D eigenvalue weighted by Crippen LogP contribution is -2.25. The van der Waals surface area contributed by atoms with Gasteiger partial charge in [0.05, 0.1) is 17.1 Å². The monoisotopic (exact) mass is 459 g/mol. The summed E-state index contributed by atoms with van der Waals surface area (Å²) in [5.74, 6) is 0.260. The van der Waals surface area contributed by atoms with Crippen LogP contribution < -0.4 is 14.9 Å². The Morgan fingerprint density at radius 2 is 1.88 bits per heavy atom. The van der Waals surface area contributed by atoms with E-state index in [1.807, 2.05) is 54.6 Å². The molecule has 166 valence electrons. The number of benzene rings is 3. The second-order valence-corrected chi connectivity index (χ2v) is 8.76. The molecule has 1 aromatic heterocycles. The molecule has 0 spiro atoms. The van der Waals surface area contributed by atoms with Gasteiger partial charge in [-0.25, -0.2) is 9.38 Å². The molecule has 0 radical (unpaired) electrons. The molecular weight excluding hydrogens is 437 g/mol. The van der Waals surface area contributed by atoms with Crippen LogP contribution in [0.5, 0.6) is 5.75 Å². The molecule has 2 heterocycles. The normalized spacial score (nSPS) is 13.4. The van der Waals surface area contributed by atoms with Crippen molar-refractivity contribution in [2.24, 2.45) is 4.99 Å². The number of anilines is 1. The van der Waals surface area contributed by atoms with Crippen LogP contribution in [0.4, 0.5) is 15.8 Å². The molecule has 4 aromatic rings. The molecule has 7 heteroatoms. The largest absolute Gasteiger partial charge is 0.482 e. The standard InChI is InChI=1S/C26H22FN3O2S/c1-17-2-9-21(10-3-17)28-26-30(13-12-18-4-7-20(27)8-5-18)23(16-33-26)19-6-11-24-22(14-19)29-25(31)15-32-24/h2-11,14,16H,12-13,15H2,1H3,(H,29,31).